The lowest BCUT2D eigenvalue weighted by atomic mass is 9.97. The van der Waals surface area contributed by atoms with Crippen LogP contribution in [0.2, 0.25) is 0 Å². The number of halogens is 1. The third-order valence-corrected chi connectivity index (χ3v) is 7.68. The maximum absolute atomic E-state index is 13.6. The van der Waals surface area contributed by atoms with Gasteiger partial charge in [0.15, 0.2) is 4.34 Å². The van der Waals surface area contributed by atoms with Gasteiger partial charge in [-0.1, -0.05) is 35.2 Å². The number of nitrogens with one attached hydrogen (secondary N) is 2. The van der Waals surface area contributed by atoms with Crippen LogP contribution in [-0.4, -0.2) is 59.8 Å². The molecule has 1 saturated heterocycles. The van der Waals surface area contributed by atoms with Crippen molar-refractivity contribution in [2.24, 2.45) is 5.92 Å². The van der Waals surface area contributed by atoms with Crippen molar-refractivity contribution in [1.29, 1.82) is 0 Å². The van der Waals surface area contributed by atoms with Crippen LogP contribution >= 0.6 is 23.1 Å². The number of thioether (sulfide) groups is 1. The summed E-state index contributed by atoms with van der Waals surface area (Å²) in [4.78, 5) is 24.4. The van der Waals surface area contributed by atoms with Gasteiger partial charge in [-0.05, 0) is 25.0 Å². The van der Waals surface area contributed by atoms with E-state index in [-0.39, 0.29) is 29.2 Å². The van der Waals surface area contributed by atoms with Crippen LogP contribution in [0.25, 0.3) is 0 Å². The molecular formula is C17H20FN5O4S3. The molecule has 1 fully saturated rings. The first kappa shape index (κ1) is 22.6. The lowest BCUT2D eigenvalue weighted by Crippen LogP contribution is -2.40. The van der Waals surface area contributed by atoms with Crippen molar-refractivity contribution in [3.63, 3.8) is 0 Å². The molecule has 2 amide bonds. The van der Waals surface area contributed by atoms with E-state index >= 15 is 0 Å². The molecule has 0 radical (unpaired) electrons. The summed E-state index contributed by atoms with van der Waals surface area (Å²) in [6.07, 6.45) is 2.04. The Hall–Kier alpha value is -2.09. The first-order chi connectivity index (χ1) is 14.2. The van der Waals surface area contributed by atoms with Crippen molar-refractivity contribution in [2.75, 3.05) is 35.7 Å². The number of benzene rings is 1. The molecule has 1 aromatic carbocycles. The summed E-state index contributed by atoms with van der Waals surface area (Å²) < 4.78 is 38.5. The standard InChI is InChI=1S/C17H20FN5O4S3/c1-30(26,27)23-8-6-11(7-9-23)15(25)20-16-21-22-17(29-16)28-10-14(24)19-13-5-3-2-4-12(13)18/h2-5,11H,6-10H2,1H3,(H,19,24)(H,20,21,25). The van der Waals surface area contributed by atoms with Crippen LogP contribution in [0.5, 0.6) is 0 Å². The molecular weight excluding hydrogens is 453 g/mol. The Kier molecular flexibility index (Phi) is 7.39. The number of amides is 2. The summed E-state index contributed by atoms with van der Waals surface area (Å²) in [5.74, 6) is -1.41. The molecule has 0 unspecified atom stereocenters. The lowest BCUT2D eigenvalue weighted by Gasteiger charge is -2.29. The summed E-state index contributed by atoms with van der Waals surface area (Å²) in [5.41, 5.74) is 0.107. The van der Waals surface area contributed by atoms with Gasteiger partial charge < -0.3 is 10.6 Å². The molecule has 0 bridgehead atoms. The van der Waals surface area contributed by atoms with Gasteiger partial charge in [-0.25, -0.2) is 17.1 Å². The van der Waals surface area contributed by atoms with Crippen LogP contribution in [0, 0.1) is 11.7 Å². The van der Waals surface area contributed by atoms with Crippen molar-refractivity contribution in [2.45, 2.75) is 17.2 Å². The lowest BCUT2D eigenvalue weighted by molar-refractivity contribution is -0.121. The highest BCUT2D eigenvalue weighted by atomic mass is 32.2. The minimum atomic E-state index is -3.24. The molecule has 0 saturated carbocycles. The van der Waals surface area contributed by atoms with Crippen molar-refractivity contribution in [3.05, 3.63) is 30.1 Å². The Labute approximate surface area is 181 Å². The molecule has 2 N–H and O–H groups in total. The molecule has 1 aliphatic heterocycles. The largest absolute Gasteiger partial charge is 0.323 e. The highest BCUT2D eigenvalue weighted by molar-refractivity contribution is 8.01. The fourth-order valence-electron chi connectivity index (χ4n) is 2.85. The van der Waals surface area contributed by atoms with Gasteiger partial charge in [0.05, 0.1) is 17.7 Å². The molecule has 0 atom stereocenters. The Bertz CT molecular complexity index is 1020. The number of carbonyl (C=O) groups excluding carboxylic acids is 2. The molecule has 1 aliphatic rings. The van der Waals surface area contributed by atoms with Gasteiger partial charge in [0.25, 0.3) is 0 Å². The molecule has 3 rings (SSSR count). The van der Waals surface area contributed by atoms with Gasteiger partial charge in [0.1, 0.15) is 5.82 Å². The zero-order chi connectivity index (χ0) is 21.7. The number of hydrogen-bond donors (Lipinski definition) is 2. The molecule has 0 aliphatic carbocycles. The van der Waals surface area contributed by atoms with Gasteiger partial charge >= 0.3 is 0 Å². The first-order valence-electron chi connectivity index (χ1n) is 8.99. The summed E-state index contributed by atoms with van der Waals surface area (Å²) >= 11 is 2.26. The van der Waals surface area contributed by atoms with Gasteiger partial charge in [0.2, 0.25) is 27.0 Å². The van der Waals surface area contributed by atoms with E-state index in [4.69, 9.17) is 0 Å². The Morgan fingerprint density at radius 1 is 1.23 bits per heavy atom. The predicted octanol–water partition coefficient (Wildman–Crippen LogP) is 2.02. The number of hydrogen-bond acceptors (Lipinski definition) is 8. The number of sulfonamides is 1. The molecule has 162 valence electrons. The number of para-hydroxylation sites is 1. The second kappa shape index (κ2) is 9.81. The van der Waals surface area contributed by atoms with Crippen LogP contribution < -0.4 is 10.6 Å². The highest BCUT2D eigenvalue weighted by Gasteiger charge is 2.29. The molecule has 9 nitrogen and oxygen atoms in total. The van der Waals surface area contributed by atoms with Gasteiger partial charge in [-0.3, -0.25) is 9.59 Å². The smallest absolute Gasteiger partial charge is 0.234 e. The average Bonchev–Trinajstić information content (AvgIpc) is 3.15. The number of carbonyl (C=O) groups is 2. The van der Waals surface area contributed by atoms with Crippen molar-refractivity contribution in [3.8, 4) is 0 Å². The zero-order valence-corrected chi connectivity index (χ0v) is 18.4. The van der Waals surface area contributed by atoms with Gasteiger partial charge in [-0.15, -0.1) is 10.2 Å². The second-order valence-corrected chi connectivity index (χ2v) is 10.8. The third-order valence-electron chi connectivity index (χ3n) is 4.41. The molecule has 2 aromatic rings. The molecule has 1 aromatic heterocycles. The van der Waals surface area contributed by atoms with E-state index in [2.05, 4.69) is 20.8 Å². The maximum atomic E-state index is 13.6. The normalized spacial score (nSPS) is 15.7. The maximum Gasteiger partial charge on any atom is 0.234 e. The molecule has 2 heterocycles. The van der Waals surface area contributed by atoms with Gasteiger partial charge in [0, 0.05) is 19.0 Å². The number of anilines is 2. The van der Waals surface area contributed by atoms with Crippen molar-refractivity contribution in [1.82, 2.24) is 14.5 Å². The van der Waals surface area contributed by atoms with E-state index in [1.54, 1.807) is 6.07 Å². The van der Waals surface area contributed by atoms with E-state index in [0.717, 1.165) is 29.4 Å². The van der Waals surface area contributed by atoms with Crippen LogP contribution in [0.3, 0.4) is 0 Å². The quantitative estimate of drug-likeness (QED) is 0.466. The van der Waals surface area contributed by atoms with E-state index < -0.39 is 15.8 Å². The summed E-state index contributed by atoms with van der Waals surface area (Å²) in [6, 6.07) is 5.88. The van der Waals surface area contributed by atoms with Crippen LogP contribution in [-0.2, 0) is 19.6 Å². The number of rotatable bonds is 7. The monoisotopic (exact) mass is 473 g/mol. The molecule has 13 heteroatoms. The second-order valence-electron chi connectivity index (χ2n) is 6.62. The Balaban J connectivity index is 1.45. The van der Waals surface area contributed by atoms with E-state index in [0.29, 0.717) is 35.4 Å². The fraction of sp³-hybridized carbons (Fsp3) is 0.412. The minimum absolute atomic E-state index is 0.0147. The number of piperidine rings is 1. The van der Waals surface area contributed by atoms with E-state index in [1.807, 2.05) is 0 Å². The SMILES string of the molecule is CS(=O)(=O)N1CCC(C(=O)Nc2nnc(SCC(=O)Nc3ccccc3F)s2)CC1. The first-order valence-corrected chi connectivity index (χ1v) is 12.6. The van der Waals surface area contributed by atoms with Crippen LogP contribution in [0.1, 0.15) is 12.8 Å². The minimum Gasteiger partial charge on any atom is -0.323 e. The van der Waals surface area contributed by atoms with Crippen molar-refractivity contribution < 1.29 is 22.4 Å². The van der Waals surface area contributed by atoms with E-state index in [1.165, 1.54) is 22.5 Å². The average molecular weight is 474 g/mol. The Morgan fingerprint density at radius 3 is 2.60 bits per heavy atom. The van der Waals surface area contributed by atoms with Crippen LogP contribution in [0.15, 0.2) is 28.6 Å². The summed E-state index contributed by atoms with van der Waals surface area (Å²) in [6.45, 7) is 0.622. The third kappa shape index (κ3) is 6.20. The number of nitrogens with zero attached hydrogens (tertiary/aromatic N) is 3. The van der Waals surface area contributed by atoms with Crippen molar-refractivity contribution >= 4 is 55.8 Å². The highest BCUT2D eigenvalue weighted by Crippen LogP contribution is 2.27. The molecule has 0 spiro atoms. The topological polar surface area (TPSA) is 121 Å². The van der Waals surface area contributed by atoms with Crippen LogP contribution in [0.4, 0.5) is 15.2 Å². The predicted molar refractivity (Wildman–Crippen MR) is 113 cm³/mol. The van der Waals surface area contributed by atoms with E-state index in [9.17, 15) is 22.4 Å². The summed E-state index contributed by atoms with van der Waals surface area (Å²) in [5, 5.41) is 13.3. The summed E-state index contributed by atoms with van der Waals surface area (Å²) in [7, 11) is -3.24. The Morgan fingerprint density at radius 2 is 1.93 bits per heavy atom. The molecule has 30 heavy (non-hydrogen) atoms. The number of aromatic nitrogens is 2. The fourth-order valence-corrected chi connectivity index (χ4v) is 5.28. The zero-order valence-electron chi connectivity index (χ0n) is 16.0. The van der Waals surface area contributed by atoms with Gasteiger partial charge in [-0.2, -0.15) is 0 Å².